The molecule has 8 nitrogen and oxygen atoms in total. The summed E-state index contributed by atoms with van der Waals surface area (Å²) in [5.41, 5.74) is 5.32. The Morgan fingerprint density at radius 1 is 1.38 bits per heavy atom. The molecule has 0 unspecified atom stereocenters. The number of benzene rings is 1. The molecule has 3 N–H and O–H groups in total. The molecule has 0 bridgehead atoms. The number of hydrogen-bond donors (Lipinski definition) is 2. The van der Waals surface area contributed by atoms with E-state index < -0.39 is 16.5 Å². The van der Waals surface area contributed by atoms with E-state index in [1.54, 1.807) is 12.1 Å². The Balaban J connectivity index is 2.28. The van der Waals surface area contributed by atoms with Crippen LogP contribution in [0.25, 0.3) is 0 Å². The summed E-state index contributed by atoms with van der Waals surface area (Å²) in [4.78, 5) is 26.4. The number of anilines is 2. The second-order valence-corrected chi connectivity index (χ2v) is 4.04. The molecule has 1 heterocycles. The molecule has 1 aromatic carbocycles. The summed E-state index contributed by atoms with van der Waals surface area (Å²) >= 11 is 0. The van der Waals surface area contributed by atoms with Crippen molar-refractivity contribution in [2.45, 2.75) is 0 Å². The number of amides is 1. The highest BCUT2D eigenvalue weighted by Crippen LogP contribution is 2.26. The van der Waals surface area contributed by atoms with Gasteiger partial charge in [-0.15, -0.1) is 0 Å². The van der Waals surface area contributed by atoms with Crippen LogP contribution in [0.4, 0.5) is 17.1 Å². The van der Waals surface area contributed by atoms with Crippen LogP contribution in [0.3, 0.4) is 0 Å². The summed E-state index contributed by atoms with van der Waals surface area (Å²) in [7, 11) is 1.47. The van der Waals surface area contributed by atoms with Crippen LogP contribution in [0.1, 0.15) is 10.4 Å². The lowest BCUT2D eigenvalue weighted by Crippen LogP contribution is -2.15. The van der Waals surface area contributed by atoms with E-state index >= 15 is 0 Å². The molecule has 2 aromatic rings. The number of carbonyl (C=O) groups excluding carboxylic acids is 1. The number of nitrogen functional groups attached to an aromatic ring is 1. The molecule has 21 heavy (non-hydrogen) atoms. The van der Waals surface area contributed by atoms with Gasteiger partial charge in [-0.1, -0.05) is 6.07 Å². The topological polar surface area (TPSA) is 120 Å². The van der Waals surface area contributed by atoms with Crippen molar-refractivity contribution in [1.82, 2.24) is 4.98 Å². The van der Waals surface area contributed by atoms with E-state index in [2.05, 4.69) is 10.3 Å². The maximum atomic E-state index is 12.1. The number of nitro groups is 1. The number of pyridine rings is 1. The van der Waals surface area contributed by atoms with E-state index in [9.17, 15) is 14.9 Å². The number of carbonyl (C=O) groups is 1. The highest BCUT2D eigenvalue weighted by atomic mass is 16.6. The van der Waals surface area contributed by atoms with Crippen LogP contribution < -0.4 is 15.8 Å². The first-order valence-corrected chi connectivity index (χ1v) is 5.87. The largest absolute Gasteiger partial charge is 0.481 e. The third-order valence-corrected chi connectivity index (χ3v) is 2.70. The smallest absolute Gasteiger partial charge is 0.304 e. The first-order chi connectivity index (χ1) is 10.0. The molecule has 0 saturated carbocycles. The van der Waals surface area contributed by atoms with Crippen LogP contribution in [0, 0.1) is 10.1 Å². The van der Waals surface area contributed by atoms with Gasteiger partial charge in [-0.25, -0.2) is 4.98 Å². The predicted molar refractivity (Wildman–Crippen MR) is 76.3 cm³/mol. The van der Waals surface area contributed by atoms with Gasteiger partial charge < -0.3 is 15.8 Å². The van der Waals surface area contributed by atoms with Gasteiger partial charge in [0.2, 0.25) is 5.88 Å². The highest BCUT2D eigenvalue weighted by Gasteiger charge is 2.23. The van der Waals surface area contributed by atoms with E-state index in [1.165, 1.54) is 31.5 Å². The number of nitro benzene ring substituents is 1. The Morgan fingerprint density at radius 3 is 2.71 bits per heavy atom. The average Bonchev–Trinajstić information content (AvgIpc) is 2.47. The number of rotatable bonds is 4. The van der Waals surface area contributed by atoms with Gasteiger partial charge in [0.25, 0.3) is 5.91 Å². The van der Waals surface area contributed by atoms with Crippen LogP contribution in [-0.2, 0) is 0 Å². The maximum Gasteiger partial charge on any atom is 0.304 e. The first kappa shape index (κ1) is 14.3. The number of ether oxygens (including phenoxy) is 1. The molecular formula is C13H12N4O4. The van der Waals surface area contributed by atoms with Gasteiger partial charge >= 0.3 is 5.69 Å². The molecule has 0 aliphatic carbocycles. The molecule has 0 spiro atoms. The van der Waals surface area contributed by atoms with Crippen LogP contribution in [0.2, 0.25) is 0 Å². The minimum atomic E-state index is -0.684. The fraction of sp³-hybridized carbons (Fsp3) is 0.0769. The minimum absolute atomic E-state index is 0.0690. The molecule has 0 aliphatic rings. The summed E-state index contributed by atoms with van der Waals surface area (Å²) in [5, 5.41) is 13.5. The molecule has 0 fully saturated rings. The van der Waals surface area contributed by atoms with E-state index in [0.29, 0.717) is 11.6 Å². The second-order valence-electron chi connectivity index (χ2n) is 4.04. The number of methoxy groups -OCH3 is 1. The van der Waals surface area contributed by atoms with Gasteiger partial charge in [0, 0.05) is 6.07 Å². The number of hydrogen-bond acceptors (Lipinski definition) is 6. The van der Waals surface area contributed by atoms with Crippen molar-refractivity contribution < 1.29 is 14.5 Å². The molecular weight excluding hydrogens is 276 g/mol. The highest BCUT2D eigenvalue weighted by molar-refractivity contribution is 6.08. The van der Waals surface area contributed by atoms with E-state index in [0.717, 1.165) is 0 Å². The van der Waals surface area contributed by atoms with Gasteiger partial charge in [-0.05, 0) is 18.2 Å². The van der Waals surface area contributed by atoms with Crippen molar-refractivity contribution in [3.8, 4) is 5.88 Å². The Bertz CT molecular complexity index is 685. The lowest BCUT2D eigenvalue weighted by atomic mass is 10.1. The first-order valence-electron chi connectivity index (χ1n) is 5.87. The molecule has 8 heteroatoms. The maximum absolute atomic E-state index is 12.1. The average molecular weight is 288 g/mol. The molecule has 0 atom stereocenters. The van der Waals surface area contributed by atoms with Crippen LogP contribution in [0.15, 0.2) is 36.5 Å². The number of nitrogens with two attached hydrogens (primary N) is 1. The third-order valence-electron chi connectivity index (χ3n) is 2.70. The van der Waals surface area contributed by atoms with Gasteiger partial charge in [-0.2, -0.15) is 0 Å². The van der Waals surface area contributed by atoms with E-state index in [-0.39, 0.29) is 11.3 Å². The molecule has 1 amide bonds. The van der Waals surface area contributed by atoms with Crippen molar-refractivity contribution >= 4 is 23.0 Å². The van der Waals surface area contributed by atoms with E-state index in [4.69, 9.17) is 10.5 Å². The Labute approximate surface area is 119 Å². The molecule has 108 valence electrons. The van der Waals surface area contributed by atoms with Gasteiger partial charge in [-0.3, -0.25) is 14.9 Å². The van der Waals surface area contributed by atoms with Gasteiger partial charge in [0.15, 0.2) is 0 Å². The fourth-order valence-corrected chi connectivity index (χ4v) is 1.72. The summed E-state index contributed by atoms with van der Waals surface area (Å²) in [6, 6.07) is 7.30. The monoisotopic (exact) mass is 288 g/mol. The second kappa shape index (κ2) is 5.87. The van der Waals surface area contributed by atoms with Crippen molar-refractivity contribution in [3.63, 3.8) is 0 Å². The van der Waals surface area contributed by atoms with Gasteiger partial charge in [0.1, 0.15) is 11.3 Å². The van der Waals surface area contributed by atoms with Crippen LogP contribution in [-0.4, -0.2) is 22.9 Å². The Hall–Kier alpha value is -3.16. The van der Waals surface area contributed by atoms with Crippen molar-refractivity contribution in [3.05, 3.63) is 52.2 Å². The normalized spacial score (nSPS) is 9.95. The number of nitrogens with zero attached hydrogens (tertiary/aromatic N) is 2. The number of nitrogens with one attached hydrogen (secondary N) is 1. The summed E-state index contributed by atoms with van der Waals surface area (Å²) in [6.07, 6.45) is 1.38. The zero-order chi connectivity index (χ0) is 15.4. The molecule has 2 rings (SSSR count). The molecule has 0 radical (unpaired) electrons. The molecule has 0 aliphatic heterocycles. The summed E-state index contributed by atoms with van der Waals surface area (Å²) in [6.45, 7) is 0. The lowest BCUT2D eigenvalue weighted by molar-refractivity contribution is -0.384. The molecule has 0 saturated heterocycles. The van der Waals surface area contributed by atoms with Crippen molar-refractivity contribution in [2.75, 3.05) is 18.2 Å². The van der Waals surface area contributed by atoms with Crippen LogP contribution in [0.5, 0.6) is 5.88 Å². The van der Waals surface area contributed by atoms with Crippen molar-refractivity contribution in [1.29, 1.82) is 0 Å². The summed E-state index contributed by atoms with van der Waals surface area (Å²) in [5.74, 6) is -0.246. The quantitative estimate of drug-likeness (QED) is 0.503. The third kappa shape index (κ3) is 3.06. The Kier molecular flexibility index (Phi) is 3.98. The van der Waals surface area contributed by atoms with E-state index in [1.807, 2.05) is 0 Å². The standard InChI is InChI=1S/C13H12N4O4/c1-21-11-6-5-8(7-15-11)16-13(18)9-3-2-4-10(14)12(9)17(19)20/h2-7H,14H2,1H3,(H,16,18). The zero-order valence-electron chi connectivity index (χ0n) is 11.1. The van der Waals surface area contributed by atoms with Crippen LogP contribution >= 0.6 is 0 Å². The molecule has 1 aromatic heterocycles. The SMILES string of the molecule is COc1ccc(NC(=O)c2cccc(N)c2[N+](=O)[O-])cn1. The number of para-hydroxylation sites is 1. The van der Waals surface area contributed by atoms with Gasteiger partial charge in [0.05, 0.1) is 23.9 Å². The summed E-state index contributed by atoms with van der Waals surface area (Å²) < 4.78 is 4.90. The fourth-order valence-electron chi connectivity index (χ4n) is 1.72. The Morgan fingerprint density at radius 2 is 2.14 bits per heavy atom. The lowest BCUT2D eigenvalue weighted by Gasteiger charge is -2.07. The predicted octanol–water partition coefficient (Wildman–Crippen LogP) is 1.83. The zero-order valence-corrected chi connectivity index (χ0v) is 11.1. The minimum Gasteiger partial charge on any atom is -0.481 e. The number of aromatic nitrogens is 1. The van der Waals surface area contributed by atoms with Crippen molar-refractivity contribution in [2.24, 2.45) is 0 Å².